The number of carbonyl (C=O) groups excluding carboxylic acids is 4. The molecule has 4 heterocycles. The van der Waals surface area contributed by atoms with E-state index in [1.165, 1.54) is 0 Å². The van der Waals surface area contributed by atoms with Gasteiger partial charge in [0, 0.05) is 32.2 Å². The maximum Gasteiger partial charge on any atom is 0.313 e. The second-order valence-electron chi connectivity index (χ2n) is 10.3. The van der Waals surface area contributed by atoms with Gasteiger partial charge in [0.15, 0.2) is 0 Å². The number of unbranched alkanes of at least 4 members (excludes halogenated alkanes) is 1. The van der Waals surface area contributed by atoms with Crippen molar-refractivity contribution >= 4 is 23.7 Å². The number of hydrogen-bond donors (Lipinski definition) is 2. The van der Waals surface area contributed by atoms with E-state index < -0.39 is 41.7 Å². The minimum absolute atomic E-state index is 0.0139. The molecule has 2 fully saturated rings. The number of aliphatic hydroxyl groups excluding tert-OH is 1. The quantitative estimate of drug-likeness (QED) is 0.319. The topological polar surface area (TPSA) is 125 Å². The molecule has 1 spiro atoms. The summed E-state index contributed by atoms with van der Waals surface area (Å²) in [5, 5.41) is 12.0. The van der Waals surface area contributed by atoms with Gasteiger partial charge in [-0.3, -0.25) is 19.2 Å². The minimum Gasteiger partial charge on any atom is -0.460 e. The molecule has 36 heavy (non-hydrogen) atoms. The summed E-state index contributed by atoms with van der Waals surface area (Å²) in [6.07, 6.45) is 7.56. The smallest absolute Gasteiger partial charge is 0.313 e. The van der Waals surface area contributed by atoms with Crippen LogP contribution in [0.1, 0.15) is 46.5 Å². The highest BCUT2D eigenvalue weighted by atomic mass is 16.6. The molecule has 6 atom stereocenters. The lowest BCUT2D eigenvalue weighted by Crippen LogP contribution is -2.56. The Labute approximate surface area is 211 Å². The molecule has 4 aliphatic heterocycles. The summed E-state index contributed by atoms with van der Waals surface area (Å²) < 4.78 is 12.2. The predicted octanol–water partition coefficient (Wildman–Crippen LogP) is 0.544. The van der Waals surface area contributed by atoms with E-state index in [-0.39, 0.29) is 49.9 Å². The van der Waals surface area contributed by atoms with Crippen LogP contribution in [0.15, 0.2) is 24.3 Å². The van der Waals surface area contributed by atoms with Gasteiger partial charge < -0.3 is 29.7 Å². The number of hydrogen-bond acceptors (Lipinski definition) is 7. The fourth-order valence-corrected chi connectivity index (χ4v) is 5.78. The van der Waals surface area contributed by atoms with Gasteiger partial charge in [-0.25, -0.2) is 0 Å². The SMILES string of the molecule is CC(C)N1CC=C[C@@]23O[C@H]4/C=C\CCC(=O)NC[C@H](C)OC(=O)[C@H]4[C@@H]2C(=O)N(CCCCO)[C@H]3C1=O. The van der Waals surface area contributed by atoms with Crippen molar-refractivity contribution in [1.82, 2.24) is 15.1 Å². The van der Waals surface area contributed by atoms with Crippen molar-refractivity contribution in [2.75, 3.05) is 26.2 Å². The lowest BCUT2D eigenvalue weighted by molar-refractivity contribution is -0.158. The van der Waals surface area contributed by atoms with Crippen molar-refractivity contribution in [2.45, 2.75) is 76.3 Å². The summed E-state index contributed by atoms with van der Waals surface area (Å²) in [5.74, 6) is -3.10. The molecule has 2 N–H and O–H groups in total. The fourth-order valence-electron chi connectivity index (χ4n) is 5.78. The third-order valence-electron chi connectivity index (χ3n) is 7.50. The zero-order valence-corrected chi connectivity index (χ0v) is 21.2. The normalized spacial score (nSPS) is 35.9. The lowest BCUT2D eigenvalue weighted by Gasteiger charge is -2.36. The summed E-state index contributed by atoms with van der Waals surface area (Å²) in [5.41, 5.74) is -1.31. The van der Waals surface area contributed by atoms with Crippen molar-refractivity contribution in [2.24, 2.45) is 11.8 Å². The highest BCUT2D eigenvalue weighted by Crippen LogP contribution is 2.53. The summed E-state index contributed by atoms with van der Waals surface area (Å²) in [6.45, 7) is 6.36. The zero-order valence-electron chi connectivity index (χ0n) is 21.2. The van der Waals surface area contributed by atoms with Gasteiger partial charge in [0.1, 0.15) is 23.7 Å². The summed E-state index contributed by atoms with van der Waals surface area (Å²) in [7, 11) is 0. The summed E-state index contributed by atoms with van der Waals surface area (Å²) in [6, 6.07) is -1.00. The number of cyclic esters (lactones) is 1. The Morgan fingerprint density at radius 1 is 1.17 bits per heavy atom. The fraction of sp³-hybridized carbons (Fsp3) is 0.692. The molecule has 0 radical (unpaired) electrons. The van der Waals surface area contributed by atoms with Crippen LogP contribution in [-0.2, 0) is 28.7 Å². The van der Waals surface area contributed by atoms with Crippen LogP contribution in [0.25, 0.3) is 0 Å². The van der Waals surface area contributed by atoms with Gasteiger partial charge in [0.2, 0.25) is 17.7 Å². The maximum atomic E-state index is 14.0. The molecule has 0 unspecified atom stereocenters. The molecule has 2 saturated heterocycles. The highest BCUT2D eigenvalue weighted by molar-refractivity contribution is 5.99. The van der Waals surface area contributed by atoms with Gasteiger partial charge >= 0.3 is 5.97 Å². The third-order valence-corrected chi connectivity index (χ3v) is 7.50. The van der Waals surface area contributed by atoms with Crippen LogP contribution < -0.4 is 5.32 Å². The van der Waals surface area contributed by atoms with E-state index in [2.05, 4.69) is 5.32 Å². The molecule has 0 saturated carbocycles. The van der Waals surface area contributed by atoms with Crippen molar-refractivity contribution in [1.29, 1.82) is 0 Å². The number of rotatable bonds is 5. The number of aliphatic hydroxyl groups is 1. The largest absolute Gasteiger partial charge is 0.460 e. The monoisotopic (exact) mass is 503 g/mol. The van der Waals surface area contributed by atoms with E-state index in [9.17, 15) is 24.3 Å². The number of nitrogens with one attached hydrogen (secondary N) is 1. The Bertz CT molecular complexity index is 948. The summed E-state index contributed by atoms with van der Waals surface area (Å²) >= 11 is 0. The number of esters is 1. The van der Waals surface area contributed by atoms with Crippen molar-refractivity contribution in [3.05, 3.63) is 24.3 Å². The van der Waals surface area contributed by atoms with Crippen LogP contribution in [-0.4, -0.2) is 94.7 Å². The average molecular weight is 504 g/mol. The molecule has 10 heteroatoms. The standard InChI is InChI=1S/C26H37N3O7/c1-16(2)28-13-8-11-26-21(23(32)29(12-6-7-14-30)22(26)24(28)33)20-18(36-26)9-4-5-10-19(31)27-15-17(3)35-25(20)34/h4,8-9,11,16-18,20-22,30H,5-7,10,12-15H2,1-3H3,(H,27,31)/b9-4-/t17-,18-,20+,21+,22-,26+/m0/s1. The van der Waals surface area contributed by atoms with Gasteiger partial charge in [0.25, 0.3) is 0 Å². The second kappa shape index (κ2) is 10.7. The number of likely N-dealkylation sites (tertiary alicyclic amines) is 1. The first-order valence-electron chi connectivity index (χ1n) is 12.9. The van der Waals surface area contributed by atoms with E-state index in [1.807, 2.05) is 19.9 Å². The number of ether oxygens (including phenoxy) is 2. The molecule has 4 rings (SSSR count). The lowest BCUT2D eigenvalue weighted by atomic mass is 9.78. The first-order valence-corrected chi connectivity index (χ1v) is 12.9. The van der Waals surface area contributed by atoms with Gasteiger partial charge in [0.05, 0.1) is 18.6 Å². The van der Waals surface area contributed by atoms with Gasteiger partial charge in [-0.15, -0.1) is 0 Å². The second-order valence-corrected chi connectivity index (χ2v) is 10.3. The Balaban J connectivity index is 1.77. The van der Waals surface area contributed by atoms with Crippen molar-refractivity contribution in [3.8, 4) is 0 Å². The number of carbonyl (C=O) groups is 4. The molecule has 4 aliphatic rings. The number of amides is 3. The predicted molar refractivity (Wildman–Crippen MR) is 129 cm³/mol. The van der Waals surface area contributed by atoms with Gasteiger partial charge in [-0.05, 0) is 40.0 Å². The Morgan fingerprint density at radius 2 is 1.94 bits per heavy atom. The van der Waals surface area contributed by atoms with Gasteiger partial charge in [-0.2, -0.15) is 0 Å². The average Bonchev–Trinajstić information content (AvgIpc) is 3.20. The number of fused-ring (bicyclic) bond motifs is 2. The number of nitrogens with zero attached hydrogens (tertiary/aromatic N) is 2. The molecule has 198 valence electrons. The van der Waals surface area contributed by atoms with Crippen LogP contribution in [0.3, 0.4) is 0 Å². The first kappa shape index (κ1) is 26.3. The van der Waals surface area contributed by atoms with E-state index >= 15 is 0 Å². The van der Waals surface area contributed by atoms with Crippen molar-refractivity contribution in [3.63, 3.8) is 0 Å². The Hall–Kier alpha value is -2.72. The minimum atomic E-state index is -1.31. The molecule has 0 aromatic heterocycles. The molecule has 3 amide bonds. The molecular formula is C26H37N3O7. The van der Waals surface area contributed by atoms with E-state index in [0.29, 0.717) is 25.8 Å². The van der Waals surface area contributed by atoms with Crippen LogP contribution in [0, 0.1) is 11.8 Å². The highest BCUT2D eigenvalue weighted by Gasteiger charge is 2.71. The molecule has 0 aromatic carbocycles. The third kappa shape index (κ3) is 4.68. The van der Waals surface area contributed by atoms with Gasteiger partial charge in [-0.1, -0.05) is 24.3 Å². The maximum absolute atomic E-state index is 14.0. The van der Waals surface area contributed by atoms with Crippen LogP contribution in [0.5, 0.6) is 0 Å². The molecule has 0 aliphatic carbocycles. The van der Waals surface area contributed by atoms with Crippen LogP contribution in [0.2, 0.25) is 0 Å². The van der Waals surface area contributed by atoms with E-state index in [1.54, 1.807) is 35.0 Å². The Morgan fingerprint density at radius 3 is 2.67 bits per heavy atom. The molecule has 0 aromatic rings. The number of allylic oxidation sites excluding steroid dienone is 1. The van der Waals surface area contributed by atoms with Crippen LogP contribution in [0.4, 0.5) is 0 Å². The van der Waals surface area contributed by atoms with E-state index in [0.717, 1.165) is 0 Å². The summed E-state index contributed by atoms with van der Waals surface area (Å²) in [4.78, 5) is 56.6. The molecule has 0 bridgehead atoms. The van der Waals surface area contributed by atoms with Crippen LogP contribution >= 0.6 is 0 Å². The first-order chi connectivity index (χ1) is 17.2. The van der Waals surface area contributed by atoms with Crippen molar-refractivity contribution < 1.29 is 33.8 Å². The Kier molecular flexibility index (Phi) is 7.85. The van der Waals surface area contributed by atoms with E-state index in [4.69, 9.17) is 9.47 Å². The molecule has 10 nitrogen and oxygen atoms in total. The zero-order chi connectivity index (χ0) is 26.0. The molecular weight excluding hydrogens is 466 g/mol.